The van der Waals surface area contributed by atoms with Crippen molar-refractivity contribution in [1.29, 1.82) is 5.26 Å². The monoisotopic (exact) mass is 437 g/mol. The van der Waals surface area contributed by atoms with Crippen LogP contribution in [0.3, 0.4) is 0 Å². The van der Waals surface area contributed by atoms with Crippen molar-refractivity contribution in [3.05, 3.63) is 70.3 Å². The third-order valence-corrected chi connectivity index (χ3v) is 5.90. The van der Waals surface area contributed by atoms with Gasteiger partial charge in [-0.2, -0.15) is 5.26 Å². The number of nitrogens with one attached hydrogen (secondary N) is 1. The maximum atomic E-state index is 12.2. The molecule has 162 valence electrons. The van der Waals surface area contributed by atoms with Crippen LogP contribution in [-0.2, 0) is 11.2 Å². The molecule has 1 aliphatic rings. The van der Waals surface area contributed by atoms with Crippen molar-refractivity contribution in [2.45, 2.75) is 19.3 Å². The van der Waals surface area contributed by atoms with Crippen molar-refractivity contribution in [3.63, 3.8) is 0 Å². The molecule has 1 amide bonds. The van der Waals surface area contributed by atoms with Crippen molar-refractivity contribution < 1.29 is 9.53 Å². The first-order chi connectivity index (χ1) is 15.1. The number of nitriles is 1. The van der Waals surface area contributed by atoms with Crippen LogP contribution < -0.4 is 10.1 Å². The molecule has 1 fully saturated rings. The van der Waals surface area contributed by atoms with Gasteiger partial charge in [0.2, 0.25) is 5.91 Å². The second kappa shape index (κ2) is 11.5. The number of benzene rings is 2. The van der Waals surface area contributed by atoms with E-state index in [1.54, 1.807) is 31.4 Å². The summed E-state index contributed by atoms with van der Waals surface area (Å²) in [6, 6.07) is 15.4. The topological polar surface area (TPSA) is 65.4 Å². The van der Waals surface area contributed by atoms with Crippen LogP contribution in [0, 0.1) is 17.2 Å². The Balaban J connectivity index is 1.38. The maximum absolute atomic E-state index is 12.2. The lowest BCUT2D eigenvalue weighted by Gasteiger charge is -2.32. The number of nitrogens with zero attached hydrogens (tertiary/aromatic N) is 2. The Morgan fingerprint density at radius 1 is 1.26 bits per heavy atom. The molecule has 1 N–H and O–H groups in total. The number of rotatable bonds is 8. The van der Waals surface area contributed by atoms with Crippen LogP contribution in [0.1, 0.15) is 29.5 Å². The van der Waals surface area contributed by atoms with Crippen LogP contribution in [0.2, 0.25) is 5.02 Å². The fourth-order valence-corrected chi connectivity index (χ4v) is 3.99. The van der Waals surface area contributed by atoms with E-state index in [4.69, 9.17) is 21.6 Å². The van der Waals surface area contributed by atoms with Crippen LogP contribution in [0.4, 0.5) is 0 Å². The Labute approximate surface area is 189 Å². The molecule has 0 saturated carbocycles. The number of piperidine rings is 1. The number of carbonyl (C=O) groups is 1. The van der Waals surface area contributed by atoms with Gasteiger partial charge in [-0.25, -0.2) is 0 Å². The predicted molar refractivity (Wildman–Crippen MR) is 124 cm³/mol. The van der Waals surface area contributed by atoms with E-state index in [1.165, 1.54) is 24.5 Å². The van der Waals surface area contributed by atoms with E-state index in [1.807, 2.05) is 12.1 Å². The second-order valence-electron chi connectivity index (χ2n) is 7.81. The molecule has 2 aromatic rings. The van der Waals surface area contributed by atoms with Gasteiger partial charge in [0.05, 0.1) is 18.7 Å². The summed E-state index contributed by atoms with van der Waals surface area (Å²) in [5.41, 5.74) is 2.58. The molecule has 0 unspecified atom stereocenters. The highest BCUT2D eigenvalue weighted by Crippen LogP contribution is 2.23. The lowest BCUT2D eigenvalue weighted by atomic mass is 9.90. The van der Waals surface area contributed by atoms with Crippen LogP contribution in [0.15, 0.2) is 48.5 Å². The van der Waals surface area contributed by atoms with Crippen LogP contribution in [-0.4, -0.2) is 44.1 Å². The lowest BCUT2D eigenvalue weighted by Crippen LogP contribution is -2.39. The molecule has 0 spiro atoms. The van der Waals surface area contributed by atoms with Crippen molar-refractivity contribution in [2.75, 3.05) is 33.3 Å². The minimum absolute atomic E-state index is 0.151. The normalized spacial score (nSPS) is 15.0. The number of methoxy groups -OCH3 is 1. The molecular formula is C25H28ClN3O2. The molecule has 1 aliphatic heterocycles. The summed E-state index contributed by atoms with van der Waals surface area (Å²) in [5.74, 6) is 1.18. The first-order valence-corrected chi connectivity index (χ1v) is 11.0. The standard InChI is InChI=1S/C25H28ClN3O2/c1-31-24-8-4-21(18-27)17-22(24)5-9-25(30)28-12-15-29-13-10-20(11-14-29)16-19-2-6-23(26)7-3-19/h2-9,17,20H,10-16H2,1H3,(H,28,30). The molecular weight excluding hydrogens is 410 g/mol. The summed E-state index contributed by atoms with van der Waals surface area (Å²) in [7, 11) is 1.57. The van der Waals surface area contributed by atoms with Gasteiger partial charge in [-0.15, -0.1) is 0 Å². The minimum atomic E-state index is -0.151. The van der Waals surface area contributed by atoms with Gasteiger partial charge in [0.15, 0.2) is 0 Å². The van der Waals surface area contributed by atoms with Crippen LogP contribution >= 0.6 is 11.6 Å². The average molecular weight is 438 g/mol. The van der Waals surface area contributed by atoms with E-state index >= 15 is 0 Å². The molecule has 6 heteroatoms. The quantitative estimate of drug-likeness (QED) is 0.625. The molecule has 5 nitrogen and oxygen atoms in total. The summed E-state index contributed by atoms with van der Waals surface area (Å²) in [4.78, 5) is 14.6. The zero-order valence-corrected chi connectivity index (χ0v) is 18.6. The van der Waals surface area contributed by atoms with Gasteiger partial charge in [-0.05, 0) is 80.2 Å². The Hall–Kier alpha value is -2.81. The fraction of sp³-hybridized carbons (Fsp3) is 0.360. The molecule has 1 heterocycles. The van der Waals surface area contributed by atoms with E-state index in [-0.39, 0.29) is 5.91 Å². The largest absolute Gasteiger partial charge is 0.496 e. The van der Waals surface area contributed by atoms with Crippen molar-refractivity contribution in [2.24, 2.45) is 5.92 Å². The number of halogens is 1. The van der Waals surface area contributed by atoms with Crippen molar-refractivity contribution in [3.8, 4) is 11.8 Å². The summed E-state index contributed by atoms with van der Waals surface area (Å²) in [5, 5.41) is 12.8. The molecule has 0 aromatic heterocycles. The first-order valence-electron chi connectivity index (χ1n) is 10.6. The van der Waals surface area contributed by atoms with E-state index < -0.39 is 0 Å². The molecule has 2 aromatic carbocycles. The highest BCUT2D eigenvalue weighted by molar-refractivity contribution is 6.30. The number of hydrogen-bond acceptors (Lipinski definition) is 4. The fourth-order valence-electron chi connectivity index (χ4n) is 3.86. The van der Waals surface area contributed by atoms with Gasteiger partial charge >= 0.3 is 0 Å². The highest BCUT2D eigenvalue weighted by atomic mass is 35.5. The molecule has 1 saturated heterocycles. The zero-order valence-electron chi connectivity index (χ0n) is 17.8. The number of amides is 1. The van der Waals surface area contributed by atoms with Crippen molar-refractivity contribution >= 4 is 23.6 Å². The molecule has 0 radical (unpaired) electrons. The molecule has 31 heavy (non-hydrogen) atoms. The van der Waals surface area contributed by atoms with E-state index in [0.717, 1.165) is 31.1 Å². The second-order valence-corrected chi connectivity index (χ2v) is 8.24. The maximum Gasteiger partial charge on any atom is 0.244 e. The Morgan fingerprint density at radius 3 is 2.68 bits per heavy atom. The number of likely N-dealkylation sites (tertiary alicyclic amines) is 1. The highest BCUT2D eigenvalue weighted by Gasteiger charge is 2.19. The van der Waals surface area contributed by atoms with E-state index in [9.17, 15) is 4.79 Å². The summed E-state index contributed by atoms with van der Waals surface area (Å²) in [6.07, 6.45) is 6.61. The van der Waals surface area contributed by atoms with Gasteiger partial charge in [0, 0.05) is 29.8 Å². The summed E-state index contributed by atoms with van der Waals surface area (Å²) in [6.45, 7) is 3.57. The van der Waals surface area contributed by atoms with E-state index in [2.05, 4.69) is 28.4 Å². The third kappa shape index (κ3) is 7.13. The minimum Gasteiger partial charge on any atom is -0.496 e. The van der Waals surface area contributed by atoms with E-state index in [0.29, 0.717) is 29.3 Å². The number of hydrogen-bond donors (Lipinski definition) is 1. The first kappa shape index (κ1) is 22.9. The van der Waals surface area contributed by atoms with Gasteiger partial charge in [-0.3, -0.25) is 4.79 Å². The lowest BCUT2D eigenvalue weighted by molar-refractivity contribution is -0.116. The summed E-state index contributed by atoms with van der Waals surface area (Å²) >= 11 is 5.96. The molecule has 0 aliphatic carbocycles. The zero-order chi connectivity index (χ0) is 22.1. The number of carbonyl (C=O) groups excluding carboxylic acids is 1. The smallest absolute Gasteiger partial charge is 0.244 e. The molecule has 0 bridgehead atoms. The van der Waals surface area contributed by atoms with Crippen LogP contribution in [0.25, 0.3) is 6.08 Å². The SMILES string of the molecule is COc1ccc(C#N)cc1C=CC(=O)NCCN1CCC(Cc2ccc(Cl)cc2)CC1. The van der Waals surface area contributed by atoms with Gasteiger partial charge < -0.3 is 15.0 Å². The Kier molecular flexibility index (Phi) is 8.52. The molecule has 0 atom stereocenters. The van der Waals surface area contributed by atoms with Crippen molar-refractivity contribution in [1.82, 2.24) is 10.2 Å². The Morgan fingerprint density at radius 2 is 2.00 bits per heavy atom. The van der Waals surface area contributed by atoms with Crippen LogP contribution in [0.5, 0.6) is 5.75 Å². The van der Waals surface area contributed by atoms with Gasteiger partial charge in [0.1, 0.15) is 5.75 Å². The number of ether oxygens (including phenoxy) is 1. The third-order valence-electron chi connectivity index (χ3n) is 5.65. The predicted octanol–water partition coefficient (Wildman–Crippen LogP) is 4.30. The Bertz CT molecular complexity index is 942. The summed E-state index contributed by atoms with van der Waals surface area (Å²) < 4.78 is 5.28. The molecule has 3 rings (SSSR count). The van der Waals surface area contributed by atoms with Gasteiger partial charge in [0.25, 0.3) is 0 Å². The average Bonchev–Trinajstić information content (AvgIpc) is 2.80. The van der Waals surface area contributed by atoms with Gasteiger partial charge in [-0.1, -0.05) is 23.7 Å².